The van der Waals surface area contributed by atoms with Crippen LogP contribution in [0.5, 0.6) is 0 Å². The maximum absolute atomic E-state index is 12.1. The lowest BCUT2D eigenvalue weighted by Gasteiger charge is -2.12. The summed E-state index contributed by atoms with van der Waals surface area (Å²) in [5.74, 6) is -0.879. The van der Waals surface area contributed by atoms with Crippen molar-refractivity contribution in [2.24, 2.45) is 0 Å². The Bertz CT molecular complexity index is 1200. The Hall–Kier alpha value is -3.14. The van der Waals surface area contributed by atoms with E-state index in [1.807, 2.05) is 24.3 Å². The summed E-state index contributed by atoms with van der Waals surface area (Å²) in [5, 5.41) is 11.9. The number of nitrogens with one attached hydrogen (secondary N) is 1. The van der Waals surface area contributed by atoms with E-state index in [2.05, 4.69) is 30.1 Å². The topological polar surface area (TPSA) is 66.0 Å². The summed E-state index contributed by atoms with van der Waals surface area (Å²) in [4.78, 5) is 20.5. The summed E-state index contributed by atoms with van der Waals surface area (Å²) in [7, 11) is 0. The standard InChI is InChI=1S/C22H18N2O2/c1-12-6-4-8-13-14-9-5-10-16-18(22(25)26)15-7-2-3-11-17(15)23-21(16)20(14)24-19(12)13/h2-4,6-8,11,24H,5,9-10H2,1H3,(H,25,26). The van der Waals surface area contributed by atoms with E-state index in [1.54, 1.807) is 0 Å². The first kappa shape index (κ1) is 15.1. The number of H-pyrrole nitrogens is 1. The smallest absolute Gasteiger partial charge is 0.336 e. The van der Waals surface area contributed by atoms with Gasteiger partial charge in [0.05, 0.1) is 22.5 Å². The Kier molecular flexibility index (Phi) is 3.16. The van der Waals surface area contributed by atoms with Crippen molar-refractivity contribution in [1.82, 2.24) is 9.97 Å². The number of carbonyl (C=O) groups is 1. The minimum absolute atomic E-state index is 0.397. The zero-order valence-corrected chi connectivity index (χ0v) is 14.5. The molecule has 2 heterocycles. The van der Waals surface area contributed by atoms with E-state index in [1.165, 1.54) is 16.5 Å². The number of pyridine rings is 1. The summed E-state index contributed by atoms with van der Waals surface area (Å²) >= 11 is 0. The highest BCUT2D eigenvalue weighted by Crippen LogP contribution is 2.39. The quantitative estimate of drug-likeness (QED) is 0.518. The van der Waals surface area contributed by atoms with Crippen LogP contribution >= 0.6 is 0 Å². The fourth-order valence-corrected chi connectivity index (χ4v) is 4.27. The van der Waals surface area contributed by atoms with Crippen LogP contribution in [0.4, 0.5) is 0 Å². The number of carboxylic acids is 1. The molecule has 2 aromatic carbocycles. The molecule has 0 amide bonds. The summed E-state index contributed by atoms with van der Waals surface area (Å²) in [6.07, 6.45) is 2.57. The molecule has 128 valence electrons. The van der Waals surface area contributed by atoms with Crippen LogP contribution < -0.4 is 0 Å². The fourth-order valence-electron chi connectivity index (χ4n) is 4.27. The Morgan fingerprint density at radius 3 is 2.65 bits per heavy atom. The van der Waals surface area contributed by atoms with Crippen LogP contribution in [0.25, 0.3) is 33.2 Å². The molecule has 0 bridgehead atoms. The van der Waals surface area contributed by atoms with Crippen molar-refractivity contribution in [3.8, 4) is 11.4 Å². The van der Waals surface area contributed by atoms with Crippen molar-refractivity contribution in [3.63, 3.8) is 0 Å². The highest BCUT2D eigenvalue weighted by molar-refractivity contribution is 6.06. The van der Waals surface area contributed by atoms with Gasteiger partial charge in [-0.05, 0) is 48.9 Å². The van der Waals surface area contributed by atoms with E-state index in [4.69, 9.17) is 4.98 Å². The van der Waals surface area contributed by atoms with Crippen molar-refractivity contribution in [2.75, 3.05) is 0 Å². The van der Waals surface area contributed by atoms with Gasteiger partial charge >= 0.3 is 5.97 Å². The second-order valence-electron chi connectivity index (χ2n) is 6.97. The third-order valence-electron chi connectivity index (χ3n) is 5.45. The van der Waals surface area contributed by atoms with Gasteiger partial charge in [-0.15, -0.1) is 0 Å². The maximum atomic E-state index is 12.1. The van der Waals surface area contributed by atoms with E-state index in [0.29, 0.717) is 5.56 Å². The largest absolute Gasteiger partial charge is 0.478 e. The second-order valence-corrected chi connectivity index (χ2v) is 6.97. The number of para-hydroxylation sites is 2. The lowest BCUT2D eigenvalue weighted by Crippen LogP contribution is -2.07. The number of aromatic amines is 1. The lowest BCUT2D eigenvalue weighted by atomic mass is 9.97. The van der Waals surface area contributed by atoms with Crippen molar-refractivity contribution >= 4 is 27.8 Å². The van der Waals surface area contributed by atoms with Crippen LogP contribution in [0.15, 0.2) is 42.5 Å². The molecule has 1 aliphatic carbocycles. The molecule has 0 saturated heterocycles. The van der Waals surface area contributed by atoms with Gasteiger partial charge in [0.15, 0.2) is 0 Å². The summed E-state index contributed by atoms with van der Waals surface area (Å²) < 4.78 is 0. The average Bonchev–Trinajstić information content (AvgIpc) is 2.91. The number of nitrogens with zero attached hydrogens (tertiary/aromatic N) is 1. The number of carboxylic acid groups (broad SMARTS) is 1. The van der Waals surface area contributed by atoms with Gasteiger partial charge in [-0.1, -0.05) is 36.4 Å². The molecule has 0 saturated carbocycles. The molecule has 0 aliphatic heterocycles. The first-order valence-corrected chi connectivity index (χ1v) is 8.90. The molecule has 2 aromatic heterocycles. The lowest BCUT2D eigenvalue weighted by molar-refractivity contribution is 0.0698. The molecule has 0 fully saturated rings. The molecule has 5 rings (SSSR count). The van der Waals surface area contributed by atoms with Crippen LogP contribution in [0.2, 0.25) is 0 Å². The summed E-state index contributed by atoms with van der Waals surface area (Å²) in [6, 6.07) is 13.8. The van der Waals surface area contributed by atoms with Gasteiger partial charge in [0.1, 0.15) is 0 Å². The highest BCUT2D eigenvalue weighted by atomic mass is 16.4. The predicted octanol–water partition coefficient (Wildman–Crippen LogP) is 4.88. The van der Waals surface area contributed by atoms with Crippen LogP contribution in [0.3, 0.4) is 0 Å². The Labute approximate surface area is 150 Å². The van der Waals surface area contributed by atoms with Crippen LogP contribution in [0.1, 0.15) is 33.5 Å². The molecule has 0 radical (unpaired) electrons. The predicted molar refractivity (Wildman–Crippen MR) is 103 cm³/mol. The molecular formula is C22H18N2O2. The number of aryl methyl sites for hydroxylation is 2. The third kappa shape index (κ3) is 2.02. The maximum Gasteiger partial charge on any atom is 0.336 e. The number of rotatable bonds is 1. The Morgan fingerprint density at radius 1 is 1.04 bits per heavy atom. The zero-order chi connectivity index (χ0) is 17.8. The minimum atomic E-state index is -0.879. The molecule has 0 unspecified atom stereocenters. The first-order chi connectivity index (χ1) is 12.6. The number of hydrogen-bond acceptors (Lipinski definition) is 2. The van der Waals surface area contributed by atoms with Gasteiger partial charge in [-0.2, -0.15) is 0 Å². The van der Waals surface area contributed by atoms with Gasteiger partial charge < -0.3 is 10.1 Å². The van der Waals surface area contributed by atoms with E-state index in [0.717, 1.165) is 52.6 Å². The van der Waals surface area contributed by atoms with E-state index in [-0.39, 0.29) is 0 Å². The highest BCUT2D eigenvalue weighted by Gasteiger charge is 2.26. The molecule has 4 nitrogen and oxygen atoms in total. The van der Waals surface area contributed by atoms with Gasteiger partial charge in [0.2, 0.25) is 0 Å². The van der Waals surface area contributed by atoms with Crippen LogP contribution in [-0.2, 0) is 12.8 Å². The Balaban J connectivity index is 1.94. The molecule has 1 aliphatic rings. The third-order valence-corrected chi connectivity index (χ3v) is 5.45. The Morgan fingerprint density at radius 2 is 1.81 bits per heavy atom. The molecular weight excluding hydrogens is 324 g/mol. The van der Waals surface area contributed by atoms with Crippen molar-refractivity contribution in [2.45, 2.75) is 26.2 Å². The normalized spacial score (nSPS) is 13.4. The van der Waals surface area contributed by atoms with Crippen molar-refractivity contribution < 1.29 is 9.90 Å². The molecule has 26 heavy (non-hydrogen) atoms. The number of benzene rings is 2. The number of aromatic nitrogens is 2. The van der Waals surface area contributed by atoms with Gasteiger partial charge in [-0.25, -0.2) is 9.78 Å². The molecule has 4 aromatic rings. The summed E-state index contributed by atoms with van der Waals surface area (Å²) in [6.45, 7) is 2.09. The van der Waals surface area contributed by atoms with E-state index in [9.17, 15) is 9.90 Å². The van der Waals surface area contributed by atoms with Gasteiger partial charge in [0, 0.05) is 16.3 Å². The van der Waals surface area contributed by atoms with Crippen LogP contribution in [0, 0.1) is 6.92 Å². The van der Waals surface area contributed by atoms with E-state index < -0.39 is 5.97 Å². The van der Waals surface area contributed by atoms with Crippen LogP contribution in [-0.4, -0.2) is 21.0 Å². The van der Waals surface area contributed by atoms with E-state index >= 15 is 0 Å². The number of hydrogen-bond donors (Lipinski definition) is 2. The first-order valence-electron chi connectivity index (χ1n) is 8.90. The van der Waals surface area contributed by atoms with Crippen molar-refractivity contribution in [1.29, 1.82) is 0 Å². The summed E-state index contributed by atoms with van der Waals surface area (Å²) in [5.41, 5.74) is 7.31. The number of fused-ring (bicyclic) bond motifs is 6. The second kappa shape index (κ2) is 5.43. The average molecular weight is 342 g/mol. The fraction of sp³-hybridized carbons (Fsp3) is 0.182. The zero-order valence-electron chi connectivity index (χ0n) is 14.5. The molecule has 4 heteroatoms. The van der Waals surface area contributed by atoms with Gasteiger partial charge in [-0.3, -0.25) is 0 Å². The minimum Gasteiger partial charge on any atom is -0.478 e. The van der Waals surface area contributed by atoms with Crippen molar-refractivity contribution in [3.05, 3.63) is 64.7 Å². The SMILES string of the molecule is Cc1cccc2c3c([nH]c12)-c1nc2ccccc2c(C(=O)O)c1CCC3. The molecule has 2 N–H and O–H groups in total. The molecule has 0 atom stereocenters. The molecule has 0 spiro atoms. The monoisotopic (exact) mass is 342 g/mol. The van der Waals surface area contributed by atoms with Gasteiger partial charge in [0.25, 0.3) is 0 Å². The number of aromatic carboxylic acids is 1.